The predicted molar refractivity (Wildman–Crippen MR) is 137 cm³/mol. The maximum Gasteiger partial charge on any atom is 0.309 e. The van der Waals surface area contributed by atoms with Gasteiger partial charge in [-0.3, -0.25) is 14.4 Å². The smallest absolute Gasteiger partial charge is 0.309 e. The molecule has 0 aromatic heterocycles. The highest BCUT2D eigenvalue weighted by molar-refractivity contribution is 5.87. The number of Topliss-reactive ketones (excluding diaryl/α,β-unsaturated/α-hetero) is 2. The number of ether oxygens (including phenoxy) is 1. The van der Waals surface area contributed by atoms with Crippen molar-refractivity contribution in [1.82, 2.24) is 0 Å². The Labute approximate surface area is 212 Å². The molecule has 5 nitrogen and oxygen atoms in total. The van der Waals surface area contributed by atoms with Crippen LogP contribution in [0.15, 0.2) is 0 Å². The van der Waals surface area contributed by atoms with E-state index in [2.05, 4.69) is 13.8 Å². The topological polar surface area (TPSA) is 86.5 Å². The van der Waals surface area contributed by atoms with Crippen LogP contribution in [0.3, 0.4) is 0 Å². The molecule has 2 N–H and O–H groups in total. The summed E-state index contributed by atoms with van der Waals surface area (Å²) in [6, 6.07) is -0.544. The quantitative estimate of drug-likeness (QED) is 0.464. The van der Waals surface area contributed by atoms with E-state index in [0.29, 0.717) is 23.0 Å². The van der Waals surface area contributed by atoms with Crippen molar-refractivity contribution in [3.05, 3.63) is 0 Å². The molecular formula is C30H49NO4. The largest absolute Gasteiger partial charge is 0.462 e. The van der Waals surface area contributed by atoms with Crippen molar-refractivity contribution in [2.45, 2.75) is 118 Å². The minimum absolute atomic E-state index is 0.0359. The van der Waals surface area contributed by atoms with E-state index < -0.39 is 12.0 Å². The van der Waals surface area contributed by atoms with Crippen molar-refractivity contribution in [2.75, 3.05) is 0 Å². The molecule has 0 radical (unpaired) electrons. The second kappa shape index (κ2) is 9.91. The lowest BCUT2D eigenvalue weighted by Gasteiger charge is -2.61. The number of ketones is 2. The highest BCUT2D eigenvalue weighted by atomic mass is 16.5. The maximum atomic E-state index is 13.1. The van der Waals surface area contributed by atoms with Crippen LogP contribution in [0.1, 0.15) is 106 Å². The summed E-state index contributed by atoms with van der Waals surface area (Å²) in [5.74, 6) is 2.77. The number of nitrogens with two attached hydrogens (primary N) is 1. The zero-order valence-corrected chi connectivity index (χ0v) is 23.0. The summed E-state index contributed by atoms with van der Waals surface area (Å²) < 4.78 is 6.08. The minimum atomic E-state index is -0.544. The van der Waals surface area contributed by atoms with Gasteiger partial charge in [0.15, 0.2) is 0 Å². The van der Waals surface area contributed by atoms with E-state index in [0.717, 1.165) is 37.5 Å². The Morgan fingerprint density at radius 1 is 0.914 bits per heavy atom. The molecule has 4 aliphatic rings. The van der Waals surface area contributed by atoms with Crippen LogP contribution in [0.4, 0.5) is 0 Å². The van der Waals surface area contributed by atoms with Crippen molar-refractivity contribution in [2.24, 2.45) is 58.0 Å². The van der Waals surface area contributed by atoms with Crippen molar-refractivity contribution >= 4 is 17.5 Å². The van der Waals surface area contributed by atoms with Gasteiger partial charge in [-0.15, -0.1) is 0 Å². The van der Waals surface area contributed by atoms with E-state index in [4.69, 9.17) is 10.5 Å². The molecule has 4 fully saturated rings. The second-order valence-corrected chi connectivity index (χ2v) is 13.6. The third-order valence-electron chi connectivity index (χ3n) is 11.4. The molecule has 0 aliphatic heterocycles. The molecule has 0 unspecified atom stereocenters. The van der Waals surface area contributed by atoms with Gasteiger partial charge in [-0.2, -0.15) is 0 Å². The zero-order chi connectivity index (χ0) is 25.7. The number of fused-ring (bicyclic) bond motifs is 5. The summed E-state index contributed by atoms with van der Waals surface area (Å²) >= 11 is 0. The van der Waals surface area contributed by atoms with Crippen LogP contribution in [0, 0.1) is 52.3 Å². The van der Waals surface area contributed by atoms with E-state index in [1.165, 1.54) is 32.1 Å². The lowest BCUT2D eigenvalue weighted by molar-refractivity contribution is -0.169. The van der Waals surface area contributed by atoms with Gasteiger partial charge in [-0.05, 0) is 112 Å². The predicted octanol–water partition coefficient (Wildman–Crippen LogP) is 5.72. The van der Waals surface area contributed by atoms with Crippen LogP contribution in [-0.2, 0) is 19.1 Å². The lowest BCUT2D eigenvalue weighted by atomic mass is 9.44. The van der Waals surface area contributed by atoms with Crippen LogP contribution < -0.4 is 5.73 Å². The Morgan fingerprint density at radius 3 is 2.20 bits per heavy atom. The summed E-state index contributed by atoms with van der Waals surface area (Å²) in [7, 11) is 0. The van der Waals surface area contributed by atoms with Crippen LogP contribution in [-0.4, -0.2) is 29.7 Å². The number of carbonyl (C=O) groups excluding carboxylic acids is 3. The number of rotatable bonds is 7. The van der Waals surface area contributed by atoms with Crippen LogP contribution >= 0.6 is 0 Å². The normalized spacial score (nSPS) is 42.4. The Morgan fingerprint density at radius 2 is 1.57 bits per heavy atom. The molecule has 0 aromatic rings. The van der Waals surface area contributed by atoms with Gasteiger partial charge in [0.05, 0.1) is 12.0 Å². The average Bonchev–Trinajstić information content (AvgIpc) is 3.14. The molecule has 0 aromatic carbocycles. The van der Waals surface area contributed by atoms with Gasteiger partial charge in [0.25, 0.3) is 0 Å². The van der Waals surface area contributed by atoms with Gasteiger partial charge in [0.1, 0.15) is 17.7 Å². The first-order valence-electron chi connectivity index (χ1n) is 14.4. The van der Waals surface area contributed by atoms with E-state index in [9.17, 15) is 14.4 Å². The highest BCUT2D eigenvalue weighted by Gasteiger charge is 2.61. The molecule has 4 rings (SSSR count). The van der Waals surface area contributed by atoms with Gasteiger partial charge in [0, 0.05) is 12.3 Å². The fourth-order valence-electron chi connectivity index (χ4n) is 9.24. The summed E-state index contributed by atoms with van der Waals surface area (Å²) in [5.41, 5.74) is 6.27. The van der Waals surface area contributed by atoms with Gasteiger partial charge < -0.3 is 10.5 Å². The fourth-order valence-corrected chi connectivity index (χ4v) is 9.24. The Kier molecular flexibility index (Phi) is 7.60. The number of hydrogen-bond acceptors (Lipinski definition) is 5. The summed E-state index contributed by atoms with van der Waals surface area (Å²) in [4.78, 5) is 37.7. The van der Waals surface area contributed by atoms with Crippen LogP contribution in [0.25, 0.3) is 0 Å². The first-order chi connectivity index (χ1) is 16.4. The maximum absolute atomic E-state index is 13.1. The number of hydrogen-bond donors (Lipinski definition) is 1. The Hall–Kier alpha value is -1.23. The number of esters is 1. The average molecular weight is 488 g/mol. The van der Waals surface area contributed by atoms with Crippen molar-refractivity contribution in [1.29, 1.82) is 0 Å². The first kappa shape index (κ1) is 26.8. The minimum Gasteiger partial charge on any atom is -0.462 e. The molecule has 198 valence electrons. The summed E-state index contributed by atoms with van der Waals surface area (Å²) in [6.07, 6.45) is 10.3. The van der Waals surface area contributed by atoms with E-state index in [1.807, 2.05) is 20.8 Å². The van der Waals surface area contributed by atoms with Crippen LogP contribution in [0.2, 0.25) is 0 Å². The van der Waals surface area contributed by atoms with E-state index in [-0.39, 0.29) is 41.5 Å². The van der Waals surface area contributed by atoms with Crippen LogP contribution in [0.5, 0.6) is 0 Å². The van der Waals surface area contributed by atoms with Gasteiger partial charge in [-0.25, -0.2) is 0 Å². The first-order valence-corrected chi connectivity index (χ1v) is 14.4. The molecule has 35 heavy (non-hydrogen) atoms. The molecule has 10 atom stereocenters. The Bertz CT molecular complexity index is 836. The molecule has 0 bridgehead atoms. The lowest BCUT2D eigenvalue weighted by Crippen LogP contribution is -2.54. The monoisotopic (exact) mass is 487 g/mol. The molecular weight excluding hydrogens is 438 g/mol. The zero-order valence-electron chi connectivity index (χ0n) is 23.0. The SMILES string of the molecule is CC(=O)[C@H]1CC[C@H]2[C@@H]3CC[C@H]4C[C@H](OC(=O)[C@@H](CC(=O)[C@H](C)N)C(C)C)CC[C@]4(C)[C@H]3CC[C@]12C. The molecule has 0 heterocycles. The second-order valence-electron chi connectivity index (χ2n) is 13.6. The number of carbonyl (C=O) groups is 3. The highest BCUT2D eigenvalue weighted by Crippen LogP contribution is 2.67. The van der Waals surface area contributed by atoms with Gasteiger partial charge in [-0.1, -0.05) is 27.7 Å². The molecule has 4 saturated carbocycles. The molecule has 5 heteroatoms. The van der Waals surface area contributed by atoms with Gasteiger partial charge >= 0.3 is 5.97 Å². The summed E-state index contributed by atoms with van der Waals surface area (Å²) in [5, 5.41) is 0. The molecule has 0 saturated heterocycles. The van der Waals surface area contributed by atoms with E-state index >= 15 is 0 Å². The van der Waals surface area contributed by atoms with Crippen molar-refractivity contribution in [3.8, 4) is 0 Å². The summed E-state index contributed by atoms with van der Waals surface area (Å²) in [6.45, 7) is 12.4. The molecule has 0 spiro atoms. The molecule has 0 amide bonds. The third-order valence-corrected chi connectivity index (χ3v) is 11.4. The van der Waals surface area contributed by atoms with Crippen molar-refractivity contribution < 1.29 is 19.1 Å². The third kappa shape index (κ3) is 4.76. The van der Waals surface area contributed by atoms with Gasteiger partial charge in [0.2, 0.25) is 0 Å². The standard InChI is InChI=1S/C30H49NO4/c1-17(2)23(16-27(33)18(3)31)28(34)35-21-11-13-29(5)20(15-21)7-8-22-25-10-9-24(19(4)32)30(25,6)14-12-26(22)29/h17-18,20-26H,7-16,31H2,1-6H3/t18-,20-,21+,22-,23-,24+,25-,26-,29-,30+/m0/s1. The molecule has 4 aliphatic carbocycles. The fraction of sp³-hybridized carbons (Fsp3) is 0.900. The van der Waals surface area contributed by atoms with E-state index in [1.54, 1.807) is 6.92 Å². The van der Waals surface area contributed by atoms with Crippen molar-refractivity contribution in [3.63, 3.8) is 0 Å². The Balaban J connectivity index is 1.41.